The molecule has 0 saturated carbocycles. The smallest absolute Gasteiger partial charge is 0.217 e. The Morgan fingerprint density at radius 1 is 0.941 bits per heavy atom. The van der Waals surface area contributed by atoms with Crippen LogP contribution in [-0.4, -0.2) is 35.5 Å². The minimum absolute atomic E-state index is 0.0473. The van der Waals surface area contributed by atoms with Gasteiger partial charge in [0.25, 0.3) is 0 Å². The molecule has 0 heterocycles. The number of Topliss-reactive ketones (excluding diaryl/α,β-unsaturated/α-hetero) is 1. The number of carbonyl (C=O) groups excluding carboxylic acids is 2. The number of rotatable bonds is 10. The monoisotopic (exact) mass is 466 g/mol. The fraction of sp³-hybridized carbons (Fsp3) is 0.259. The molecule has 0 fully saturated rings. The van der Waals surface area contributed by atoms with Gasteiger partial charge in [-0.1, -0.05) is 42.5 Å². The number of aliphatic hydroxyl groups excluding tert-OH is 1. The number of hydrogen-bond donors (Lipinski definition) is 3. The zero-order valence-corrected chi connectivity index (χ0v) is 19.1. The highest BCUT2D eigenvalue weighted by Gasteiger charge is 2.21. The van der Waals surface area contributed by atoms with E-state index < -0.39 is 23.8 Å². The van der Waals surface area contributed by atoms with Crippen LogP contribution < -0.4 is 10.6 Å². The molecule has 3 aromatic rings. The maximum atomic E-state index is 13.6. The first-order chi connectivity index (χ1) is 16.2. The molecule has 3 N–H and O–H groups in total. The molecule has 3 aromatic carbocycles. The summed E-state index contributed by atoms with van der Waals surface area (Å²) in [6.45, 7) is 3.30. The summed E-state index contributed by atoms with van der Waals surface area (Å²) >= 11 is 0. The third-order valence-corrected chi connectivity index (χ3v) is 5.50. The molecule has 178 valence electrons. The van der Waals surface area contributed by atoms with E-state index in [0.29, 0.717) is 17.7 Å². The summed E-state index contributed by atoms with van der Waals surface area (Å²) in [6, 6.07) is 17.6. The minimum atomic E-state index is -1.02. The van der Waals surface area contributed by atoms with E-state index >= 15 is 0 Å². The number of carbonyl (C=O) groups is 2. The highest BCUT2D eigenvalue weighted by atomic mass is 19.1. The summed E-state index contributed by atoms with van der Waals surface area (Å²) in [4.78, 5) is 23.5. The summed E-state index contributed by atoms with van der Waals surface area (Å²) in [5.74, 6) is -1.85. The van der Waals surface area contributed by atoms with Gasteiger partial charge in [0, 0.05) is 31.6 Å². The first-order valence-electron chi connectivity index (χ1n) is 11.0. The van der Waals surface area contributed by atoms with E-state index in [1.165, 1.54) is 26.0 Å². The van der Waals surface area contributed by atoms with Crippen LogP contribution >= 0.6 is 0 Å². The summed E-state index contributed by atoms with van der Waals surface area (Å²) in [5, 5.41) is 16.6. The number of ketones is 1. The number of halogens is 2. The van der Waals surface area contributed by atoms with E-state index in [2.05, 4.69) is 10.6 Å². The lowest BCUT2D eigenvalue weighted by molar-refractivity contribution is -0.120. The fourth-order valence-corrected chi connectivity index (χ4v) is 3.88. The van der Waals surface area contributed by atoms with Crippen molar-refractivity contribution < 1.29 is 23.5 Å². The van der Waals surface area contributed by atoms with Crippen molar-refractivity contribution in [2.75, 3.05) is 6.54 Å². The predicted molar refractivity (Wildman–Crippen MR) is 127 cm³/mol. The summed E-state index contributed by atoms with van der Waals surface area (Å²) in [6.07, 6.45) is -0.960. The van der Waals surface area contributed by atoms with Crippen molar-refractivity contribution in [3.8, 4) is 11.1 Å². The summed E-state index contributed by atoms with van der Waals surface area (Å²) in [5.41, 5.74) is 3.76. The van der Waals surface area contributed by atoms with Gasteiger partial charge in [0.05, 0.1) is 12.1 Å². The maximum absolute atomic E-state index is 13.6. The van der Waals surface area contributed by atoms with Crippen molar-refractivity contribution in [3.05, 3.63) is 95.1 Å². The standard InChI is InChI=1S/C27H28F2N2O3/c1-17(32)21-8-9-25(20-6-4-3-5-7-20)22(13-21)15-30-16-27(34)26(31-18(2)33)12-19-10-23(28)14-24(29)11-19/h3-11,13-14,26-27,30,34H,12,15-16H2,1-2H3,(H,31,33)/t26-,27+/m0/s1. The van der Waals surface area contributed by atoms with Gasteiger partial charge in [-0.3, -0.25) is 9.59 Å². The molecular weight excluding hydrogens is 438 g/mol. The molecule has 3 rings (SSSR count). The van der Waals surface area contributed by atoms with Crippen LogP contribution in [0.4, 0.5) is 8.78 Å². The van der Waals surface area contributed by atoms with Gasteiger partial charge in [-0.15, -0.1) is 0 Å². The minimum Gasteiger partial charge on any atom is -0.390 e. The molecule has 34 heavy (non-hydrogen) atoms. The Bertz CT molecular complexity index is 1130. The quantitative estimate of drug-likeness (QED) is 0.394. The average molecular weight is 467 g/mol. The topological polar surface area (TPSA) is 78.4 Å². The Kier molecular flexibility index (Phi) is 8.62. The second-order valence-electron chi connectivity index (χ2n) is 8.28. The molecule has 0 spiro atoms. The molecule has 0 aliphatic carbocycles. The highest BCUT2D eigenvalue weighted by molar-refractivity contribution is 5.95. The number of nitrogens with one attached hydrogen (secondary N) is 2. The van der Waals surface area contributed by atoms with Crippen molar-refractivity contribution in [2.45, 2.75) is 39.0 Å². The van der Waals surface area contributed by atoms with Crippen molar-refractivity contribution in [3.63, 3.8) is 0 Å². The Hall–Kier alpha value is -3.42. The first kappa shape index (κ1) is 25.2. The molecule has 0 aliphatic heterocycles. The van der Waals surface area contributed by atoms with Crippen molar-refractivity contribution >= 4 is 11.7 Å². The molecule has 0 aromatic heterocycles. The Labute approximate surface area is 197 Å². The first-order valence-corrected chi connectivity index (χ1v) is 11.0. The number of hydrogen-bond acceptors (Lipinski definition) is 4. The van der Waals surface area contributed by atoms with Gasteiger partial charge in [0.15, 0.2) is 5.78 Å². The molecule has 7 heteroatoms. The molecular formula is C27H28F2N2O3. The van der Waals surface area contributed by atoms with Crippen LogP contribution in [0.2, 0.25) is 0 Å². The molecule has 0 radical (unpaired) electrons. The third-order valence-electron chi connectivity index (χ3n) is 5.50. The molecule has 0 aliphatic rings. The van der Waals surface area contributed by atoms with E-state index in [0.717, 1.165) is 22.8 Å². The molecule has 5 nitrogen and oxygen atoms in total. The van der Waals surface area contributed by atoms with Crippen LogP contribution in [0.25, 0.3) is 11.1 Å². The van der Waals surface area contributed by atoms with Crippen LogP contribution in [0.15, 0.2) is 66.7 Å². The largest absolute Gasteiger partial charge is 0.390 e. The zero-order valence-electron chi connectivity index (χ0n) is 19.1. The van der Waals surface area contributed by atoms with E-state index in [1.807, 2.05) is 42.5 Å². The van der Waals surface area contributed by atoms with Gasteiger partial charge in [-0.25, -0.2) is 8.78 Å². The Balaban J connectivity index is 1.73. The average Bonchev–Trinajstić information content (AvgIpc) is 2.78. The Morgan fingerprint density at radius 2 is 1.62 bits per heavy atom. The van der Waals surface area contributed by atoms with E-state index in [4.69, 9.17) is 0 Å². The van der Waals surface area contributed by atoms with Gasteiger partial charge >= 0.3 is 0 Å². The van der Waals surface area contributed by atoms with Gasteiger partial charge in [0.2, 0.25) is 5.91 Å². The maximum Gasteiger partial charge on any atom is 0.217 e. The lowest BCUT2D eigenvalue weighted by Crippen LogP contribution is -2.48. The van der Waals surface area contributed by atoms with Gasteiger partial charge in [-0.2, -0.15) is 0 Å². The van der Waals surface area contributed by atoms with Crippen LogP contribution in [0.5, 0.6) is 0 Å². The van der Waals surface area contributed by atoms with Crippen LogP contribution in [0, 0.1) is 11.6 Å². The lowest BCUT2D eigenvalue weighted by Gasteiger charge is -2.24. The molecule has 0 bridgehead atoms. The fourth-order valence-electron chi connectivity index (χ4n) is 3.88. The number of aliphatic hydroxyl groups is 1. The van der Waals surface area contributed by atoms with Crippen LogP contribution in [-0.2, 0) is 17.8 Å². The van der Waals surface area contributed by atoms with E-state index in [9.17, 15) is 23.5 Å². The SMILES string of the molecule is CC(=O)N[C@@H](Cc1cc(F)cc(F)c1)[C@H](O)CNCc1cc(C(C)=O)ccc1-c1ccccc1. The molecule has 1 amide bonds. The van der Waals surface area contributed by atoms with Gasteiger partial charge in [0.1, 0.15) is 11.6 Å². The van der Waals surface area contributed by atoms with Crippen molar-refractivity contribution in [1.82, 2.24) is 10.6 Å². The van der Waals surface area contributed by atoms with Crippen LogP contribution in [0.1, 0.15) is 35.3 Å². The number of benzene rings is 3. The predicted octanol–water partition coefficient (Wildman–Crippen LogP) is 4.03. The van der Waals surface area contributed by atoms with Crippen molar-refractivity contribution in [1.29, 1.82) is 0 Å². The summed E-state index contributed by atoms with van der Waals surface area (Å²) < 4.78 is 27.1. The summed E-state index contributed by atoms with van der Waals surface area (Å²) in [7, 11) is 0. The number of amides is 1. The van der Waals surface area contributed by atoms with Gasteiger partial charge in [-0.05, 0) is 53.8 Å². The Morgan fingerprint density at radius 3 is 2.24 bits per heavy atom. The highest BCUT2D eigenvalue weighted by Crippen LogP contribution is 2.25. The lowest BCUT2D eigenvalue weighted by atomic mass is 9.96. The molecule has 2 atom stereocenters. The van der Waals surface area contributed by atoms with Crippen molar-refractivity contribution in [2.24, 2.45) is 0 Å². The molecule has 0 saturated heterocycles. The van der Waals surface area contributed by atoms with E-state index in [1.54, 1.807) is 6.07 Å². The van der Waals surface area contributed by atoms with Crippen LogP contribution in [0.3, 0.4) is 0 Å². The van der Waals surface area contributed by atoms with Gasteiger partial charge < -0.3 is 15.7 Å². The second-order valence-corrected chi connectivity index (χ2v) is 8.28. The second kappa shape index (κ2) is 11.6. The van der Waals surface area contributed by atoms with E-state index in [-0.39, 0.29) is 24.7 Å². The third kappa shape index (κ3) is 7.04. The molecule has 0 unspecified atom stereocenters. The zero-order chi connectivity index (χ0) is 24.7. The normalized spacial score (nSPS) is 12.7.